The number of aryl methyl sites for hydroxylation is 1. The molecule has 2 aromatic carbocycles. The summed E-state index contributed by atoms with van der Waals surface area (Å²) in [5, 5.41) is 0.629. The van der Waals surface area contributed by atoms with E-state index in [0.29, 0.717) is 48.5 Å². The first kappa shape index (κ1) is 21.4. The summed E-state index contributed by atoms with van der Waals surface area (Å²) in [4.78, 5) is 28.5. The number of methoxy groups -OCH3 is 1. The van der Waals surface area contributed by atoms with Crippen molar-refractivity contribution in [3.05, 3.63) is 65.7 Å². The van der Waals surface area contributed by atoms with Crippen LogP contribution >= 0.6 is 11.6 Å². The van der Waals surface area contributed by atoms with Gasteiger partial charge in [-0.2, -0.15) is 0 Å². The standard InChI is InChI=1S/C25H27ClN2O3/c1-3-24(29)27-13-19-15-28(16-20(19)14-27)25(30)10-9-18-11-21(17-7-5-4-6-8-17)22(26)12-23(18)31-2/h3-8,11-12,19-20H,1,9-10,13-16H2,2H3. The molecule has 6 heteroatoms. The quantitative estimate of drug-likeness (QED) is 0.639. The number of hydrogen-bond acceptors (Lipinski definition) is 3. The van der Waals surface area contributed by atoms with Crippen LogP contribution < -0.4 is 4.74 Å². The summed E-state index contributed by atoms with van der Waals surface area (Å²) < 4.78 is 5.53. The monoisotopic (exact) mass is 438 g/mol. The SMILES string of the molecule is C=CC(=O)N1CC2CN(C(=O)CCc3cc(-c4ccccc4)c(Cl)cc3OC)CC2C1. The fraction of sp³-hybridized carbons (Fsp3) is 0.360. The van der Waals surface area contributed by atoms with E-state index in [4.69, 9.17) is 16.3 Å². The Balaban J connectivity index is 1.41. The minimum atomic E-state index is -0.0173. The molecule has 0 spiro atoms. The molecule has 31 heavy (non-hydrogen) atoms. The summed E-state index contributed by atoms with van der Waals surface area (Å²) in [5.41, 5.74) is 2.95. The molecule has 0 N–H and O–H groups in total. The lowest BCUT2D eigenvalue weighted by molar-refractivity contribution is -0.130. The van der Waals surface area contributed by atoms with E-state index in [9.17, 15) is 9.59 Å². The van der Waals surface area contributed by atoms with Crippen LogP contribution in [0, 0.1) is 11.8 Å². The Morgan fingerprint density at radius 3 is 2.35 bits per heavy atom. The van der Waals surface area contributed by atoms with Gasteiger partial charge in [-0.25, -0.2) is 0 Å². The molecular weight excluding hydrogens is 412 g/mol. The van der Waals surface area contributed by atoms with Crippen molar-refractivity contribution < 1.29 is 14.3 Å². The van der Waals surface area contributed by atoms with Gasteiger partial charge in [-0.3, -0.25) is 9.59 Å². The van der Waals surface area contributed by atoms with Crippen molar-refractivity contribution in [2.45, 2.75) is 12.8 Å². The molecule has 2 atom stereocenters. The Labute approximate surface area is 188 Å². The van der Waals surface area contributed by atoms with Gasteiger partial charge in [0.15, 0.2) is 0 Å². The molecule has 4 rings (SSSR count). The van der Waals surface area contributed by atoms with Gasteiger partial charge in [-0.1, -0.05) is 48.5 Å². The fourth-order valence-corrected chi connectivity index (χ4v) is 4.99. The Hall–Kier alpha value is -2.79. The molecule has 2 fully saturated rings. The van der Waals surface area contributed by atoms with Gasteiger partial charge in [-0.05, 0) is 35.8 Å². The molecule has 2 aliphatic rings. The van der Waals surface area contributed by atoms with Crippen molar-refractivity contribution in [2.75, 3.05) is 33.3 Å². The highest BCUT2D eigenvalue weighted by Gasteiger charge is 2.42. The summed E-state index contributed by atoms with van der Waals surface area (Å²) in [7, 11) is 1.62. The van der Waals surface area contributed by atoms with E-state index in [-0.39, 0.29) is 11.8 Å². The number of hydrogen-bond donors (Lipinski definition) is 0. The van der Waals surface area contributed by atoms with Crippen LogP contribution in [0.3, 0.4) is 0 Å². The van der Waals surface area contributed by atoms with Gasteiger partial charge in [0.05, 0.1) is 12.1 Å². The highest BCUT2D eigenvalue weighted by Crippen LogP contribution is 2.35. The molecule has 0 aromatic heterocycles. The second-order valence-electron chi connectivity index (χ2n) is 8.28. The van der Waals surface area contributed by atoms with Crippen LogP contribution in [0.25, 0.3) is 11.1 Å². The maximum atomic E-state index is 12.9. The lowest BCUT2D eigenvalue weighted by Crippen LogP contribution is -2.35. The van der Waals surface area contributed by atoms with Gasteiger partial charge in [0.25, 0.3) is 0 Å². The molecule has 2 aromatic rings. The van der Waals surface area contributed by atoms with Crippen molar-refractivity contribution in [3.63, 3.8) is 0 Å². The van der Waals surface area contributed by atoms with Crippen molar-refractivity contribution in [1.29, 1.82) is 0 Å². The number of halogens is 1. The predicted octanol–water partition coefficient (Wildman–Crippen LogP) is 4.05. The van der Waals surface area contributed by atoms with Gasteiger partial charge in [-0.15, -0.1) is 0 Å². The molecule has 2 aliphatic heterocycles. The van der Waals surface area contributed by atoms with Gasteiger partial charge >= 0.3 is 0 Å². The smallest absolute Gasteiger partial charge is 0.245 e. The zero-order valence-electron chi connectivity index (χ0n) is 17.7. The minimum absolute atomic E-state index is 0.0173. The average molecular weight is 439 g/mol. The van der Waals surface area contributed by atoms with E-state index in [2.05, 4.69) is 6.58 Å². The number of nitrogens with zero attached hydrogens (tertiary/aromatic N) is 2. The molecule has 5 nitrogen and oxygen atoms in total. The van der Waals surface area contributed by atoms with Crippen LogP contribution in [0.4, 0.5) is 0 Å². The zero-order chi connectivity index (χ0) is 22.0. The van der Waals surface area contributed by atoms with Crippen LogP contribution in [-0.4, -0.2) is 54.9 Å². The number of carbonyl (C=O) groups is 2. The van der Waals surface area contributed by atoms with Gasteiger partial charge in [0.2, 0.25) is 11.8 Å². The minimum Gasteiger partial charge on any atom is -0.496 e. The third-order valence-corrected chi connectivity index (χ3v) is 6.70. The molecule has 2 saturated heterocycles. The Morgan fingerprint density at radius 1 is 1.10 bits per heavy atom. The highest BCUT2D eigenvalue weighted by molar-refractivity contribution is 6.33. The second kappa shape index (κ2) is 9.15. The van der Waals surface area contributed by atoms with Crippen LogP contribution in [0.15, 0.2) is 55.1 Å². The van der Waals surface area contributed by atoms with Crippen molar-refractivity contribution >= 4 is 23.4 Å². The second-order valence-corrected chi connectivity index (χ2v) is 8.68. The Kier molecular flexibility index (Phi) is 6.33. The first-order valence-electron chi connectivity index (χ1n) is 10.6. The number of likely N-dealkylation sites (tertiary alicyclic amines) is 2. The molecule has 0 radical (unpaired) electrons. The number of amides is 2. The molecule has 162 valence electrons. The predicted molar refractivity (Wildman–Crippen MR) is 122 cm³/mol. The Bertz CT molecular complexity index is 978. The normalized spacial score (nSPS) is 19.9. The van der Waals surface area contributed by atoms with E-state index in [0.717, 1.165) is 29.8 Å². The van der Waals surface area contributed by atoms with E-state index in [1.807, 2.05) is 52.3 Å². The Morgan fingerprint density at radius 2 is 1.74 bits per heavy atom. The van der Waals surface area contributed by atoms with Crippen molar-refractivity contribution in [3.8, 4) is 16.9 Å². The topological polar surface area (TPSA) is 49.9 Å². The third-order valence-electron chi connectivity index (χ3n) is 6.39. The van der Waals surface area contributed by atoms with E-state index >= 15 is 0 Å². The average Bonchev–Trinajstić information content (AvgIpc) is 3.37. The molecular formula is C25H27ClN2O3. The van der Waals surface area contributed by atoms with Crippen LogP contribution in [-0.2, 0) is 16.0 Å². The summed E-state index contributed by atoms with van der Waals surface area (Å²) in [5.74, 6) is 1.56. The molecule has 2 unspecified atom stereocenters. The van der Waals surface area contributed by atoms with Crippen LogP contribution in [0.1, 0.15) is 12.0 Å². The molecule has 0 aliphatic carbocycles. The third kappa shape index (κ3) is 4.47. The zero-order valence-corrected chi connectivity index (χ0v) is 18.5. The van der Waals surface area contributed by atoms with Gasteiger partial charge in [0.1, 0.15) is 5.75 Å². The number of rotatable bonds is 6. The largest absolute Gasteiger partial charge is 0.496 e. The summed E-state index contributed by atoms with van der Waals surface area (Å²) in [6.07, 6.45) is 2.38. The number of fused-ring (bicyclic) bond motifs is 1. The number of benzene rings is 2. The van der Waals surface area contributed by atoms with E-state index in [1.165, 1.54) is 6.08 Å². The summed E-state index contributed by atoms with van der Waals surface area (Å²) in [6, 6.07) is 13.8. The fourth-order valence-electron chi connectivity index (χ4n) is 4.73. The molecule has 2 heterocycles. The van der Waals surface area contributed by atoms with E-state index in [1.54, 1.807) is 7.11 Å². The van der Waals surface area contributed by atoms with E-state index < -0.39 is 0 Å². The van der Waals surface area contributed by atoms with Crippen molar-refractivity contribution in [2.24, 2.45) is 11.8 Å². The maximum Gasteiger partial charge on any atom is 0.245 e. The van der Waals surface area contributed by atoms with Gasteiger partial charge < -0.3 is 14.5 Å². The van der Waals surface area contributed by atoms with Crippen LogP contribution in [0.5, 0.6) is 5.75 Å². The summed E-state index contributed by atoms with van der Waals surface area (Å²) >= 11 is 6.49. The summed E-state index contributed by atoms with van der Waals surface area (Å²) in [6.45, 7) is 6.43. The lowest BCUT2D eigenvalue weighted by atomic mass is 9.99. The highest BCUT2D eigenvalue weighted by atomic mass is 35.5. The molecule has 0 saturated carbocycles. The van der Waals surface area contributed by atoms with Gasteiger partial charge in [0, 0.05) is 50.0 Å². The molecule has 0 bridgehead atoms. The first-order valence-corrected chi connectivity index (χ1v) is 11.0. The van der Waals surface area contributed by atoms with Crippen molar-refractivity contribution in [1.82, 2.24) is 9.80 Å². The molecule has 2 amide bonds. The maximum absolute atomic E-state index is 12.9. The van der Waals surface area contributed by atoms with Crippen LogP contribution in [0.2, 0.25) is 5.02 Å². The number of carbonyl (C=O) groups excluding carboxylic acids is 2. The number of ether oxygens (including phenoxy) is 1. The lowest BCUT2D eigenvalue weighted by Gasteiger charge is -2.21. The first-order chi connectivity index (χ1) is 15.0.